The molecule has 52 valence electrons. The minimum absolute atomic E-state index is 0. The van der Waals surface area contributed by atoms with Crippen LogP contribution in [0.15, 0.2) is 0 Å². The van der Waals surface area contributed by atoms with Crippen LogP contribution in [0.3, 0.4) is 0 Å². The molecule has 6 nitrogen and oxygen atoms in total. The van der Waals surface area contributed by atoms with Crippen molar-refractivity contribution in [2.45, 2.75) is 0 Å². The summed E-state index contributed by atoms with van der Waals surface area (Å²) in [5, 5.41) is 33.8. The molecule has 0 fully saturated rings. The topological polar surface area (TPSA) is 143 Å². The predicted molar refractivity (Wildman–Crippen MR) is 31.3 cm³/mol. The van der Waals surface area contributed by atoms with Gasteiger partial charge in [0.15, 0.2) is 0 Å². The van der Waals surface area contributed by atoms with E-state index in [9.17, 15) is 0 Å². The molecule has 7 heteroatoms. The molecule has 0 amide bonds. The SMILES string of the molecule is N=C=N.N=C=N.N=C=N.[Ti]. The van der Waals surface area contributed by atoms with Gasteiger partial charge in [0.1, 0.15) is 0 Å². The Kier molecular flexibility index (Phi) is 249. The first-order chi connectivity index (χ1) is 4.24. The fourth-order valence-electron chi connectivity index (χ4n) is 0. The van der Waals surface area contributed by atoms with Crippen LogP contribution in [0.1, 0.15) is 0 Å². The van der Waals surface area contributed by atoms with Crippen molar-refractivity contribution in [3.05, 3.63) is 0 Å². The van der Waals surface area contributed by atoms with Crippen molar-refractivity contribution < 1.29 is 21.7 Å². The molecule has 0 atom stereocenters. The van der Waals surface area contributed by atoms with E-state index in [0.29, 0.717) is 0 Å². The first kappa shape index (κ1) is 23.2. The summed E-state index contributed by atoms with van der Waals surface area (Å²) in [7, 11) is 0. The van der Waals surface area contributed by atoms with E-state index in [0.717, 1.165) is 0 Å². The predicted octanol–water partition coefficient (Wildman–Crippen LogP) is 0.951. The van der Waals surface area contributed by atoms with E-state index in [-0.39, 0.29) is 21.7 Å². The zero-order valence-electron chi connectivity index (χ0n) is 5.00. The smallest absolute Gasteiger partial charge is 0.0831 e. The Balaban J connectivity index is -0.0000000257. The Hall–Kier alpha value is -1.15. The van der Waals surface area contributed by atoms with Crippen molar-refractivity contribution in [3.63, 3.8) is 0 Å². The molecule has 6 N–H and O–H groups in total. The second-order valence-corrected chi connectivity index (χ2v) is 0.375. The van der Waals surface area contributed by atoms with Crippen LogP contribution in [0.4, 0.5) is 0 Å². The first-order valence-electron chi connectivity index (χ1n) is 1.50. The second kappa shape index (κ2) is 107. The fourth-order valence-corrected chi connectivity index (χ4v) is 0. The van der Waals surface area contributed by atoms with E-state index in [1.807, 2.05) is 0 Å². The van der Waals surface area contributed by atoms with Crippen molar-refractivity contribution in [3.8, 4) is 0 Å². The minimum Gasteiger partial charge on any atom is -0.242 e. The third-order valence-corrected chi connectivity index (χ3v) is 0. The van der Waals surface area contributed by atoms with Crippen LogP contribution in [-0.2, 0) is 21.7 Å². The summed E-state index contributed by atoms with van der Waals surface area (Å²) in [6.45, 7) is 0. The maximum absolute atomic E-state index is 5.62. The van der Waals surface area contributed by atoms with Crippen molar-refractivity contribution >= 4 is 18.0 Å². The fraction of sp³-hybridized carbons (Fsp3) is 0. The average Bonchev–Trinajstić information content (AvgIpc) is 1.70. The maximum atomic E-state index is 5.62. The van der Waals surface area contributed by atoms with Gasteiger partial charge >= 0.3 is 0 Å². The van der Waals surface area contributed by atoms with Gasteiger partial charge in [-0.15, -0.1) is 0 Å². The van der Waals surface area contributed by atoms with Gasteiger partial charge in [0, 0.05) is 21.7 Å². The van der Waals surface area contributed by atoms with Crippen LogP contribution in [0, 0.1) is 32.5 Å². The standard InChI is InChI=1S/3CH2N2.Ti/c3*2-1-3;/h3*2-3H;. The molecule has 0 heterocycles. The molecular weight excluding hydrogens is 168 g/mol. The zero-order valence-corrected chi connectivity index (χ0v) is 6.56. The molecule has 0 spiro atoms. The zero-order chi connectivity index (χ0) is 8.12. The maximum Gasteiger partial charge on any atom is 0.0831 e. The summed E-state index contributed by atoms with van der Waals surface area (Å²) in [4.78, 5) is 0. The van der Waals surface area contributed by atoms with E-state index in [1.165, 1.54) is 18.0 Å². The molecule has 0 aromatic carbocycles. The number of hydrogen-bond donors (Lipinski definition) is 6. The molecule has 0 bridgehead atoms. The quantitative estimate of drug-likeness (QED) is 0.229. The molecule has 0 aromatic heterocycles. The molecule has 0 saturated carbocycles. The molecule has 0 aliphatic carbocycles. The van der Waals surface area contributed by atoms with Crippen molar-refractivity contribution in [2.75, 3.05) is 0 Å². The van der Waals surface area contributed by atoms with Gasteiger partial charge in [0.2, 0.25) is 0 Å². The van der Waals surface area contributed by atoms with E-state index in [4.69, 9.17) is 32.5 Å². The molecular formula is C3H6N6Ti. The van der Waals surface area contributed by atoms with Crippen LogP contribution >= 0.6 is 0 Å². The Morgan fingerprint density at radius 3 is 0.500 bits per heavy atom. The first-order valence-corrected chi connectivity index (χ1v) is 1.50. The average molecular weight is 174 g/mol. The van der Waals surface area contributed by atoms with Gasteiger partial charge in [-0.2, -0.15) is 0 Å². The molecule has 0 aliphatic rings. The normalized spacial score (nSPS) is 2.40. The second-order valence-electron chi connectivity index (χ2n) is 0.375. The minimum atomic E-state index is 0. The number of nitrogens with one attached hydrogen (secondary N) is 6. The molecule has 0 aliphatic heterocycles. The number of hydrogen-bond acceptors (Lipinski definition) is 6. The largest absolute Gasteiger partial charge is 0.242 e. The van der Waals surface area contributed by atoms with Gasteiger partial charge in [-0.05, 0) is 0 Å². The van der Waals surface area contributed by atoms with Crippen molar-refractivity contribution in [2.24, 2.45) is 0 Å². The summed E-state index contributed by atoms with van der Waals surface area (Å²) in [6, 6.07) is 3.75. The van der Waals surface area contributed by atoms with E-state index in [2.05, 4.69) is 0 Å². The Bertz CT molecular complexity index is 105. The molecule has 0 unspecified atom stereocenters. The summed E-state index contributed by atoms with van der Waals surface area (Å²) in [6.07, 6.45) is 0. The van der Waals surface area contributed by atoms with E-state index < -0.39 is 0 Å². The van der Waals surface area contributed by atoms with Crippen molar-refractivity contribution in [1.82, 2.24) is 0 Å². The molecule has 0 aromatic rings. The van der Waals surface area contributed by atoms with Crippen LogP contribution in [0.5, 0.6) is 0 Å². The van der Waals surface area contributed by atoms with Crippen molar-refractivity contribution in [1.29, 1.82) is 32.5 Å². The van der Waals surface area contributed by atoms with E-state index in [1.54, 1.807) is 0 Å². The van der Waals surface area contributed by atoms with Gasteiger partial charge in [-0.1, -0.05) is 0 Å². The third-order valence-electron chi connectivity index (χ3n) is 0. The van der Waals surface area contributed by atoms with Crippen LogP contribution in [0.2, 0.25) is 0 Å². The Labute approximate surface area is 72.6 Å². The van der Waals surface area contributed by atoms with E-state index >= 15 is 0 Å². The van der Waals surface area contributed by atoms with Gasteiger partial charge in [-0.25, -0.2) is 32.5 Å². The monoisotopic (exact) mass is 174 g/mol. The molecule has 0 saturated heterocycles. The Morgan fingerprint density at radius 2 is 0.500 bits per heavy atom. The van der Waals surface area contributed by atoms with Crippen LogP contribution in [0.25, 0.3) is 0 Å². The van der Waals surface area contributed by atoms with Crippen LogP contribution < -0.4 is 0 Å². The van der Waals surface area contributed by atoms with Crippen LogP contribution in [-0.4, -0.2) is 18.0 Å². The summed E-state index contributed by atoms with van der Waals surface area (Å²) in [5.74, 6) is 0. The molecule has 0 rings (SSSR count). The summed E-state index contributed by atoms with van der Waals surface area (Å²) in [5.41, 5.74) is 0. The van der Waals surface area contributed by atoms with Gasteiger partial charge in [-0.3, -0.25) is 0 Å². The van der Waals surface area contributed by atoms with Gasteiger partial charge in [0.25, 0.3) is 0 Å². The Morgan fingerprint density at radius 1 is 0.500 bits per heavy atom. The van der Waals surface area contributed by atoms with Gasteiger partial charge in [0.05, 0.1) is 18.0 Å². The van der Waals surface area contributed by atoms with Gasteiger partial charge < -0.3 is 0 Å². The molecule has 0 radical (unpaired) electrons. The summed E-state index contributed by atoms with van der Waals surface area (Å²) >= 11 is 0. The summed E-state index contributed by atoms with van der Waals surface area (Å²) < 4.78 is 0. The third kappa shape index (κ3) is 179. The molecule has 10 heavy (non-hydrogen) atoms. The number of rotatable bonds is 0.